The minimum absolute atomic E-state index is 0.0624. The Morgan fingerprint density at radius 2 is 1.59 bits per heavy atom. The largest absolute Gasteiger partial charge is 0.352 e. The van der Waals surface area contributed by atoms with Crippen LogP contribution in [0.2, 0.25) is 0 Å². The zero-order chi connectivity index (χ0) is 24.7. The van der Waals surface area contributed by atoms with Crippen LogP contribution in [-0.4, -0.2) is 28.8 Å². The molecule has 1 unspecified atom stereocenters. The van der Waals surface area contributed by atoms with Crippen molar-refractivity contribution in [2.75, 3.05) is 0 Å². The van der Waals surface area contributed by atoms with Crippen LogP contribution in [0.4, 0.5) is 4.39 Å². The fourth-order valence-corrected chi connectivity index (χ4v) is 3.98. The van der Waals surface area contributed by atoms with Crippen LogP contribution < -0.4 is 5.32 Å². The first-order chi connectivity index (χ1) is 16.2. The fraction of sp³-hybridized carbons (Fsp3) is 0.310. The second-order valence-electron chi connectivity index (χ2n) is 9.12. The van der Waals surface area contributed by atoms with Crippen molar-refractivity contribution in [1.29, 1.82) is 0 Å². The molecule has 0 radical (unpaired) electrons. The summed E-state index contributed by atoms with van der Waals surface area (Å²) in [4.78, 5) is 28.7. The molecule has 0 saturated carbocycles. The molecule has 1 N–H and O–H groups in total. The number of carbonyl (C=O) groups is 2. The third-order valence-electron chi connectivity index (χ3n) is 5.81. The van der Waals surface area contributed by atoms with Crippen LogP contribution in [0.15, 0.2) is 72.8 Å². The Bertz CT molecular complexity index is 1110. The lowest BCUT2D eigenvalue weighted by Crippen LogP contribution is -2.52. The van der Waals surface area contributed by atoms with Crippen LogP contribution in [0.1, 0.15) is 41.7 Å². The summed E-state index contributed by atoms with van der Waals surface area (Å²) in [6.07, 6.45) is 0.577. The lowest BCUT2D eigenvalue weighted by atomic mass is 9.99. The van der Waals surface area contributed by atoms with Crippen molar-refractivity contribution in [1.82, 2.24) is 10.2 Å². The Balaban J connectivity index is 1.99. The van der Waals surface area contributed by atoms with E-state index < -0.39 is 6.04 Å². The lowest BCUT2D eigenvalue weighted by Gasteiger charge is -2.32. The summed E-state index contributed by atoms with van der Waals surface area (Å²) in [6.45, 7) is 8.00. The van der Waals surface area contributed by atoms with Gasteiger partial charge in [-0.05, 0) is 62.1 Å². The Morgan fingerprint density at radius 3 is 2.24 bits per heavy atom. The lowest BCUT2D eigenvalue weighted by molar-refractivity contribution is -0.141. The van der Waals surface area contributed by atoms with Gasteiger partial charge in [0.2, 0.25) is 11.8 Å². The van der Waals surface area contributed by atoms with Gasteiger partial charge in [0, 0.05) is 19.0 Å². The van der Waals surface area contributed by atoms with Crippen LogP contribution in [0.3, 0.4) is 0 Å². The highest BCUT2D eigenvalue weighted by atomic mass is 19.1. The average molecular weight is 461 g/mol. The Kier molecular flexibility index (Phi) is 8.58. The molecule has 0 aliphatic rings. The van der Waals surface area contributed by atoms with Crippen LogP contribution in [0.25, 0.3) is 0 Å². The molecular formula is C29H33FN2O2. The number of halogens is 1. The normalized spacial score (nSPS) is 11.8. The molecule has 0 aliphatic heterocycles. The minimum Gasteiger partial charge on any atom is -0.352 e. The molecule has 0 heterocycles. The van der Waals surface area contributed by atoms with Gasteiger partial charge in [0.1, 0.15) is 11.9 Å². The Morgan fingerprint density at radius 1 is 0.912 bits per heavy atom. The molecular weight excluding hydrogens is 427 g/mol. The van der Waals surface area contributed by atoms with Gasteiger partial charge in [0.05, 0.1) is 6.42 Å². The van der Waals surface area contributed by atoms with Crippen molar-refractivity contribution < 1.29 is 14.0 Å². The van der Waals surface area contributed by atoms with E-state index in [2.05, 4.69) is 5.32 Å². The third-order valence-corrected chi connectivity index (χ3v) is 5.81. The number of amides is 2. The minimum atomic E-state index is -0.701. The number of nitrogens with one attached hydrogen (secondary N) is 1. The molecule has 0 saturated heterocycles. The van der Waals surface area contributed by atoms with E-state index in [1.807, 2.05) is 76.2 Å². The predicted molar refractivity (Wildman–Crippen MR) is 134 cm³/mol. The summed E-state index contributed by atoms with van der Waals surface area (Å²) in [5.74, 6) is -0.677. The van der Waals surface area contributed by atoms with Crippen molar-refractivity contribution in [3.05, 3.63) is 106 Å². The molecule has 34 heavy (non-hydrogen) atoms. The van der Waals surface area contributed by atoms with E-state index in [4.69, 9.17) is 0 Å². The second kappa shape index (κ2) is 11.6. The summed E-state index contributed by atoms with van der Waals surface area (Å²) in [5, 5.41) is 2.98. The van der Waals surface area contributed by atoms with Crippen molar-refractivity contribution in [2.45, 2.75) is 59.2 Å². The van der Waals surface area contributed by atoms with Gasteiger partial charge in [0.15, 0.2) is 0 Å². The van der Waals surface area contributed by atoms with Crippen molar-refractivity contribution in [2.24, 2.45) is 0 Å². The van der Waals surface area contributed by atoms with Crippen LogP contribution >= 0.6 is 0 Å². The molecule has 0 aromatic heterocycles. The number of hydrogen-bond donors (Lipinski definition) is 1. The zero-order valence-electron chi connectivity index (χ0n) is 20.3. The molecule has 1 atom stereocenters. The van der Waals surface area contributed by atoms with Crippen LogP contribution in [-0.2, 0) is 29.0 Å². The molecule has 0 spiro atoms. The monoisotopic (exact) mass is 460 g/mol. The van der Waals surface area contributed by atoms with Crippen molar-refractivity contribution in [3.63, 3.8) is 0 Å². The van der Waals surface area contributed by atoms with Gasteiger partial charge in [-0.1, -0.05) is 66.2 Å². The van der Waals surface area contributed by atoms with E-state index >= 15 is 0 Å². The van der Waals surface area contributed by atoms with Gasteiger partial charge in [-0.2, -0.15) is 0 Å². The maximum Gasteiger partial charge on any atom is 0.243 e. The number of rotatable bonds is 9. The third kappa shape index (κ3) is 7.01. The first-order valence-electron chi connectivity index (χ1n) is 11.7. The summed E-state index contributed by atoms with van der Waals surface area (Å²) >= 11 is 0. The smallest absolute Gasteiger partial charge is 0.243 e. The van der Waals surface area contributed by atoms with Gasteiger partial charge in [-0.25, -0.2) is 4.39 Å². The molecule has 2 amide bonds. The first-order valence-corrected chi connectivity index (χ1v) is 11.7. The highest BCUT2D eigenvalue weighted by molar-refractivity contribution is 5.89. The predicted octanol–water partition coefficient (Wildman–Crippen LogP) is 5.15. The Hall–Kier alpha value is -3.47. The molecule has 0 aliphatic carbocycles. The SMILES string of the molecule is Cc1ccc(C)c(CC(=O)N(Cc2ccc(F)cc2)C(Cc2ccccc2)C(=O)NC(C)C)c1. The van der Waals surface area contributed by atoms with Crippen molar-refractivity contribution >= 4 is 11.8 Å². The van der Waals surface area contributed by atoms with Gasteiger partial charge in [-0.3, -0.25) is 9.59 Å². The maximum absolute atomic E-state index is 13.7. The number of hydrogen-bond acceptors (Lipinski definition) is 2. The first kappa shape index (κ1) is 25.2. The molecule has 3 rings (SSSR count). The zero-order valence-corrected chi connectivity index (χ0v) is 20.3. The molecule has 0 fully saturated rings. The maximum atomic E-state index is 13.7. The summed E-state index contributed by atoms with van der Waals surface area (Å²) in [6, 6.07) is 21.1. The van der Waals surface area contributed by atoms with Crippen molar-refractivity contribution in [3.8, 4) is 0 Å². The molecule has 3 aromatic carbocycles. The number of nitrogens with zero attached hydrogens (tertiary/aromatic N) is 1. The summed E-state index contributed by atoms with van der Waals surface area (Å²) in [5.41, 5.74) is 4.79. The highest BCUT2D eigenvalue weighted by Gasteiger charge is 2.31. The van der Waals surface area contributed by atoms with Gasteiger partial charge >= 0.3 is 0 Å². The van der Waals surface area contributed by atoms with E-state index in [0.717, 1.165) is 27.8 Å². The molecule has 3 aromatic rings. The van der Waals surface area contributed by atoms with E-state index in [0.29, 0.717) is 6.42 Å². The van der Waals surface area contributed by atoms with E-state index in [1.54, 1.807) is 17.0 Å². The second-order valence-corrected chi connectivity index (χ2v) is 9.12. The quantitative estimate of drug-likeness (QED) is 0.480. The summed E-state index contributed by atoms with van der Waals surface area (Å²) < 4.78 is 13.5. The van der Waals surface area contributed by atoms with Gasteiger partial charge < -0.3 is 10.2 Å². The summed E-state index contributed by atoms with van der Waals surface area (Å²) in [7, 11) is 0. The van der Waals surface area contributed by atoms with E-state index in [-0.39, 0.29) is 36.6 Å². The van der Waals surface area contributed by atoms with E-state index in [1.165, 1.54) is 12.1 Å². The molecule has 4 nitrogen and oxygen atoms in total. The van der Waals surface area contributed by atoms with Crippen LogP contribution in [0, 0.1) is 19.7 Å². The number of benzene rings is 3. The number of carbonyl (C=O) groups excluding carboxylic acids is 2. The van der Waals surface area contributed by atoms with Gasteiger partial charge in [-0.15, -0.1) is 0 Å². The topological polar surface area (TPSA) is 49.4 Å². The molecule has 5 heteroatoms. The highest BCUT2D eigenvalue weighted by Crippen LogP contribution is 2.19. The standard InChI is InChI=1S/C29H33FN2O2/c1-20(2)31-29(34)27(17-23-8-6-5-7-9-23)32(19-24-12-14-26(30)15-13-24)28(33)18-25-16-21(3)10-11-22(25)4/h5-16,20,27H,17-19H2,1-4H3,(H,31,34). The molecule has 178 valence electrons. The van der Waals surface area contributed by atoms with Crippen LogP contribution in [0.5, 0.6) is 0 Å². The molecule has 0 bridgehead atoms. The Labute approximate surface area is 201 Å². The fourth-order valence-electron chi connectivity index (χ4n) is 3.98. The van der Waals surface area contributed by atoms with Gasteiger partial charge in [0.25, 0.3) is 0 Å². The number of aryl methyl sites for hydroxylation is 2. The average Bonchev–Trinajstić information content (AvgIpc) is 2.80. The van der Waals surface area contributed by atoms with E-state index in [9.17, 15) is 14.0 Å².